The SMILES string of the molecule is O=C(O)CC[C@@H](C(=O)O)N1C(=O)/C(=C/c2ccc(-c3cccc([N+](=O)[O-])c3)o2)SC1=S. The van der Waals surface area contributed by atoms with Gasteiger partial charge in [-0.3, -0.25) is 24.6 Å². The van der Waals surface area contributed by atoms with Gasteiger partial charge in [0.2, 0.25) is 0 Å². The first-order valence-corrected chi connectivity index (χ1v) is 9.96. The van der Waals surface area contributed by atoms with Crippen LogP contribution in [0.4, 0.5) is 5.69 Å². The maximum atomic E-state index is 12.7. The van der Waals surface area contributed by atoms with Crippen LogP contribution in [0.15, 0.2) is 45.7 Å². The van der Waals surface area contributed by atoms with E-state index in [4.69, 9.17) is 21.7 Å². The highest BCUT2D eigenvalue weighted by Crippen LogP contribution is 2.36. The summed E-state index contributed by atoms with van der Waals surface area (Å²) in [5.41, 5.74) is 0.374. The minimum Gasteiger partial charge on any atom is -0.481 e. The number of carbonyl (C=O) groups excluding carboxylic acids is 1. The highest BCUT2D eigenvalue weighted by molar-refractivity contribution is 8.26. The van der Waals surface area contributed by atoms with Crippen LogP contribution < -0.4 is 0 Å². The molecule has 1 aromatic heterocycles. The van der Waals surface area contributed by atoms with Crippen molar-refractivity contribution in [1.82, 2.24) is 4.90 Å². The summed E-state index contributed by atoms with van der Waals surface area (Å²) in [7, 11) is 0. The van der Waals surface area contributed by atoms with Gasteiger partial charge in [0.05, 0.1) is 9.83 Å². The Labute approximate surface area is 184 Å². The van der Waals surface area contributed by atoms with Crippen LogP contribution in [0.3, 0.4) is 0 Å². The Morgan fingerprint density at radius 1 is 1.29 bits per heavy atom. The fraction of sp³-hybridized carbons (Fsp3) is 0.158. The number of non-ortho nitro benzene ring substituents is 1. The largest absolute Gasteiger partial charge is 0.481 e. The number of nitro groups is 1. The Kier molecular flexibility index (Phi) is 6.51. The summed E-state index contributed by atoms with van der Waals surface area (Å²) in [6.07, 6.45) is 0.663. The number of thioether (sulfide) groups is 1. The molecule has 12 heteroatoms. The van der Waals surface area contributed by atoms with Crippen molar-refractivity contribution in [2.45, 2.75) is 18.9 Å². The lowest BCUT2D eigenvalue weighted by atomic mass is 10.1. The molecule has 2 N–H and O–H groups in total. The molecule has 3 rings (SSSR count). The predicted octanol–water partition coefficient (Wildman–Crippen LogP) is 3.37. The summed E-state index contributed by atoms with van der Waals surface area (Å²) in [6.45, 7) is 0. The molecule has 0 radical (unpaired) electrons. The van der Waals surface area contributed by atoms with E-state index in [2.05, 4.69) is 0 Å². The number of carboxylic acids is 2. The van der Waals surface area contributed by atoms with Gasteiger partial charge in [0.1, 0.15) is 21.9 Å². The number of amides is 1. The van der Waals surface area contributed by atoms with E-state index < -0.39 is 35.2 Å². The van der Waals surface area contributed by atoms with E-state index in [0.717, 1.165) is 16.7 Å². The molecule has 1 amide bonds. The second kappa shape index (κ2) is 9.10. The maximum absolute atomic E-state index is 12.7. The molecule has 1 saturated heterocycles. The first kappa shape index (κ1) is 22.2. The number of nitrogens with zero attached hydrogens (tertiary/aromatic N) is 2. The number of carbonyl (C=O) groups is 3. The smallest absolute Gasteiger partial charge is 0.326 e. The van der Waals surface area contributed by atoms with Crippen molar-refractivity contribution >= 4 is 57.9 Å². The van der Waals surface area contributed by atoms with Crippen LogP contribution in [0.5, 0.6) is 0 Å². The fourth-order valence-electron chi connectivity index (χ4n) is 2.86. The molecule has 1 aliphatic rings. The number of thiocarbonyl (C=S) groups is 1. The lowest BCUT2D eigenvalue weighted by Crippen LogP contribution is -2.44. The first-order valence-electron chi connectivity index (χ1n) is 8.73. The van der Waals surface area contributed by atoms with E-state index in [-0.39, 0.29) is 27.1 Å². The van der Waals surface area contributed by atoms with E-state index in [1.165, 1.54) is 24.3 Å². The van der Waals surface area contributed by atoms with Crippen LogP contribution in [0.25, 0.3) is 17.4 Å². The first-order chi connectivity index (χ1) is 14.7. The summed E-state index contributed by atoms with van der Waals surface area (Å²) in [6, 6.07) is 7.59. The van der Waals surface area contributed by atoms with Crippen molar-refractivity contribution in [3.63, 3.8) is 0 Å². The molecule has 0 bridgehead atoms. The zero-order chi connectivity index (χ0) is 22.7. The minimum atomic E-state index is -1.40. The predicted molar refractivity (Wildman–Crippen MR) is 114 cm³/mol. The molecule has 2 heterocycles. The normalized spacial score (nSPS) is 16.0. The minimum absolute atomic E-state index is 0.000461. The van der Waals surface area contributed by atoms with Crippen LogP contribution in [0, 0.1) is 10.1 Å². The lowest BCUT2D eigenvalue weighted by Gasteiger charge is -2.22. The number of nitro benzene ring substituents is 1. The van der Waals surface area contributed by atoms with Gasteiger partial charge in [-0.05, 0) is 18.6 Å². The summed E-state index contributed by atoms with van der Waals surface area (Å²) in [5.74, 6) is -2.60. The molecule has 1 atom stereocenters. The Morgan fingerprint density at radius 2 is 2.03 bits per heavy atom. The third kappa shape index (κ3) is 4.98. The van der Waals surface area contributed by atoms with Gasteiger partial charge in [-0.25, -0.2) is 4.79 Å². The summed E-state index contributed by atoms with van der Waals surface area (Å²) in [4.78, 5) is 46.5. The molecule has 1 fully saturated rings. The molecule has 0 saturated carbocycles. The van der Waals surface area contributed by atoms with Gasteiger partial charge in [0.15, 0.2) is 0 Å². The summed E-state index contributed by atoms with van der Waals surface area (Å²) >= 11 is 6.01. The third-order valence-corrected chi connectivity index (χ3v) is 5.62. The molecule has 1 aromatic carbocycles. The van der Waals surface area contributed by atoms with Crippen LogP contribution in [-0.2, 0) is 14.4 Å². The van der Waals surface area contributed by atoms with E-state index in [0.29, 0.717) is 11.3 Å². The lowest BCUT2D eigenvalue weighted by molar-refractivity contribution is -0.384. The topological polar surface area (TPSA) is 151 Å². The average Bonchev–Trinajstić information content (AvgIpc) is 3.28. The number of carboxylic acid groups (broad SMARTS) is 2. The van der Waals surface area contributed by atoms with E-state index >= 15 is 0 Å². The fourth-order valence-corrected chi connectivity index (χ4v) is 4.20. The Morgan fingerprint density at radius 3 is 2.68 bits per heavy atom. The zero-order valence-electron chi connectivity index (χ0n) is 15.6. The van der Waals surface area contributed by atoms with Gasteiger partial charge in [-0.15, -0.1) is 0 Å². The Balaban J connectivity index is 1.83. The second-order valence-electron chi connectivity index (χ2n) is 6.35. The quantitative estimate of drug-likeness (QED) is 0.258. The van der Waals surface area contributed by atoms with Crippen LogP contribution >= 0.6 is 24.0 Å². The molecular formula is C19H14N2O8S2. The molecule has 10 nitrogen and oxygen atoms in total. The van der Waals surface area contributed by atoms with Crippen molar-refractivity contribution in [3.8, 4) is 11.3 Å². The van der Waals surface area contributed by atoms with Gasteiger partial charge < -0.3 is 14.6 Å². The van der Waals surface area contributed by atoms with E-state index in [1.54, 1.807) is 18.2 Å². The van der Waals surface area contributed by atoms with Crippen molar-refractivity contribution in [1.29, 1.82) is 0 Å². The number of furan rings is 1. The molecule has 160 valence electrons. The van der Waals surface area contributed by atoms with Gasteiger partial charge >= 0.3 is 11.9 Å². The summed E-state index contributed by atoms with van der Waals surface area (Å²) in [5, 5.41) is 29.2. The van der Waals surface area contributed by atoms with Crippen LogP contribution in [0.2, 0.25) is 0 Å². The number of rotatable bonds is 8. The molecule has 2 aromatic rings. The monoisotopic (exact) mass is 462 g/mol. The highest BCUT2D eigenvalue weighted by Gasteiger charge is 2.40. The van der Waals surface area contributed by atoms with Gasteiger partial charge in [0.25, 0.3) is 11.6 Å². The molecule has 0 spiro atoms. The van der Waals surface area contributed by atoms with Crippen LogP contribution in [-0.4, -0.2) is 48.2 Å². The van der Waals surface area contributed by atoms with Crippen molar-refractivity contribution in [2.75, 3.05) is 0 Å². The number of benzene rings is 1. The second-order valence-corrected chi connectivity index (χ2v) is 8.02. The van der Waals surface area contributed by atoms with Crippen molar-refractivity contribution in [3.05, 3.63) is 57.2 Å². The Hall–Kier alpha value is -3.51. The maximum Gasteiger partial charge on any atom is 0.326 e. The summed E-state index contributed by atoms with van der Waals surface area (Å²) < 4.78 is 5.65. The van der Waals surface area contributed by atoms with Gasteiger partial charge in [-0.2, -0.15) is 0 Å². The molecule has 0 unspecified atom stereocenters. The molecule has 0 aliphatic carbocycles. The average molecular weight is 462 g/mol. The number of hydrogen-bond acceptors (Lipinski definition) is 8. The van der Waals surface area contributed by atoms with E-state index in [9.17, 15) is 29.6 Å². The number of hydrogen-bond donors (Lipinski definition) is 2. The van der Waals surface area contributed by atoms with Gasteiger partial charge in [0, 0.05) is 30.2 Å². The third-order valence-electron chi connectivity index (χ3n) is 4.29. The van der Waals surface area contributed by atoms with Crippen molar-refractivity contribution in [2.24, 2.45) is 0 Å². The Bertz CT molecular complexity index is 1120. The standard InChI is InChI=1S/C19H14N2O8S2/c22-16(23)7-5-13(18(25)26)20-17(24)15(31-19(20)30)9-12-4-6-14(29-12)10-2-1-3-11(8-10)21(27)28/h1-4,6,8-9,13H,5,7H2,(H,22,23)(H,25,26)/b15-9-/t13-/m0/s1. The number of aliphatic carboxylic acids is 2. The van der Waals surface area contributed by atoms with Crippen LogP contribution in [0.1, 0.15) is 18.6 Å². The molecule has 31 heavy (non-hydrogen) atoms. The van der Waals surface area contributed by atoms with Gasteiger partial charge in [-0.1, -0.05) is 36.1 Å². The highest BCUT2D eigenvalue weighted by atomic mass is 32.2. The van der Waals surface area contributed by atoms with E-state index in [1.807, 2.05) is 0 Å². The zero-order valence-corrected chi connectivity index (χ0v) is 17.2. The molecule has 1 aliphatic heterocycles. The van der Waals surface area contributed by atoms with Crippen molar-refractivity contribution < 1.29 is 33.9 Å². The molecular weight excluding hydrogens is 448 g/mol.